The Labute approximate surface area is 492 Å². The van der Waals surface area contributed by atoms with Crippen LogP contribution in [-0.2, 0) is 32.7 Å². The van der Waals surface area contributed by atoms with E-state index in [2.05, 4.69) is 135 Å². The van der Waals surface area contributed by atoms with Gasteiger partial charge in [-0.15, -0.1) is 0 Å². The number of carbonyl (C=O) groups excluding carboxylic acids is 2. The lowest BCUT2D eigenvalue weighted by molar-refractivity contribution is -0.870. The minimum atomic E-state index is -4.41. The average molecular weight is 1140 g/mol. The SMILES string of the molecule is CC/C=C\C/C=C\C/C=C\C/C=C\C/C=C\C/C=C\C/C=C\C/C=C\C/C=C\C/C=C\CCCCC(=O)OC(COC(=O)CCCCCCCCCCCCCCCCCCCCCCCCC)COP(=O)(O)OCC[N+](C)(C)C. The molecule has 0 spiro atoms. The zero-order valence-electron chi connectivity index (χ0n) is 52.0. The fourth-order valence-electron chi connectivity index (χ4n) is 8.57. The standard InChI is InChI=1S/C70H120NO8P/c1-6-8-10-12-14-16-18-20-22-24-26-28-30-31-32-33-34-35-36-37-38-39-41-43-45-47-49-51-53-55-57-59-61-63-70(73)79-68(67-78-80(74,75)77-65-64-71(3,4)5)66-76-69(72)62-60-58-56-54-52-50-48-46-44-42-40-29-27-25-23-21-19-17-15-13-11-9-7-2/h8,10,14,16,20,22,26,28,31-32,34-35,37-38,41,43,47,49,53,55,68H,6-7,9,11-13,15,17-19,21,23-25,27,29-30,33,36,39-40,42,44-46,48,50-52,54,56-67H2,1-5H3/p+1/b10-8-,16-14-,22-20-,28-26-,32-31-,35-34-,38-37-,43-41-,49-47-,55-53-. The molecule has 0 saturated carbocycles. The molecule has 9 nitrogen and oxygen atoms in total. The van der Waals surface area contributed by atoms with Gasteiger partial charge in [0, 0.05) is 12.8 Å². The van der Waals surface area contributed by atoms with Gasteiger partial charge in [-0.2, -0.15) is 0 Å². The molecular weight excluding hydrogens is 1010 g/mol. The second-order valence-electron chi connectivity index (χ2n) is 22.4. The fraction of sp³-hybridized carbons (Fsp3) is 0.686. The number of rotatable bonds is 58. The molecule has 2 unspecified atom stereocenters. The maximum absolute atomic E-state index is 12.8. The first-order valence-electron chi connectivity index (χ1n) is 32.3. The number of quaternary nitrogens is 1. The van der Waals surface area contributed by atoms with Gasteiger partial charge in [0.15, 0.2) is 6.10 Å². The molecule has 0 aromatic heterocycles. The molecule has 0 radical (unpaired) electrons. The van der Waals surface area contributed by atoms with Crippen molar-refractivity contribution >= 4 is 19.8 Å². The molecule has 0 amide bonds. The van der Waals surface area contributed by atoms with Crippen molar-refractivity contribution in [3.05, 3.63) is 122 Å². The van der Waals surface area contributed by atoms with Gasteiger partial charge in [0.25, 0.3) is 0 Å². The number of nitrogens with zero attached hydrogens (tertiary/aromatic N) is 1. The first-order valence-corrected chi connectivity index (χ1v) is 33.8. The molecular formula is C70H121NO8P+. The summed E-state index contributed by atoms with van der Waals surface area (Å²) in [4.78, 5) is 35.8. The summed E-state index contributed by atoms with van der Waals surface area (Å²) in [7, 11) is 1.44. The van der Waals surface area contributed by atoms with E-state index in [0.717, 1.165) is 96.3 Å². The van der Waals surface area contributed by atoms with Crippen molar-refractivity contribution in [3.63, 3.8) is 0 Å². The highest BCUT2D eigenvalue weighted by Crippen LogP contribution is 2.43. The molecule has 0 aliphatic heterocycles. The van der Waals surface area contributed by atoms with Gasteiger partial charge in [-0.3, -0.25) is 18.6 Å². The van der Waals surface area contributed by atoms with Gasteiger partial charge < -0.3 is 18.9 Å². The third-order valence-electron chi connectivity index (χ3n) is 13.5. The Kier molecular flexibility index (Phi) is 57.3. The zero-order chi connectivity index (χ0) is 58.4. The molecule has 0 bridgehead atoms. The summed E-state index contributed by atoms with van der Waals surface area (Å²) < 4.78 is 34.6. The lowest BCUT2D eigenvalue weighted by Crippen LogP contribution is -2.37. The van der Waals surface area contributed by atoms with Crippen LogP contribution >= 0.6 is 7.82 Å². The average Bonchev–Trinajstić information content (AvgIpc) is 3.42. The van der Waals surface area contributed by atoms with Gasteiger partial charge >= 0.3 is 19.8 Å². The van der Waals surface area contributed by atoms with E-state index in [4.69, 9.17) is 18.5 Å². The molecule has 0 aromatic rings. The van der Waals surface area contributed by atoms with Gasteiger partial charge in [0.05, 0.1) is 27.7 Å². The number of unbranched alkanes of at least 4 members (excludes halogenated alkanes) is 24. The van der Waals surface area contributed by atoms with Crippen LogP contribution in [0.5, 0.6) is 0 Å². The quantitative estimate of drug-likeness (QED) is 0.0211. The van der Waals surface area contributed by atoms with Crippen LogP contribution in [0.15, 0.2) is 122 Å². The molecule has 458 valence electrons. The Morgan fingerprint density at radius 2 is 0.713 bits per heavy atom. The van der Waals surface area contributed by atoms with Crippen LogP contribution < -0.4 is 0 Å². The molecule has 80 heavy (non-hydrogen) atoms. The number of hydrogen-bond acceptors (Lipinski definition) is 7. The monoisotopic (exact) mass is 1130 g/mol. The summed E-state index contributed by atoms with van der Waals surface area (Å²) in [6.45, 7) is 4.28. The van der Waals surface area contributed by atoms with E-state index in [9.17, 15) is 19.0 Å². The Morgan fingerprint density at radius 1 is 0.400 bits per heavy atom. The van der Waals surface area contributed by atoms with Crippen LogP contribution in [0.4, 0.5) is 0 Å². The predicted molar refractivity (Wildman–Crippen MR) is 344 cm³/mol. The van der Waals surface area contributed by atoms with Crippen molar-refractivity contribution in [2.24, 2.45) is 0 Å². The third-order valence-corrected chi connectivity index (χ3v) is 14.5. The Hall–Kier alpha value is -3.59. The first-order chi connectivity index (χ1) is 39.0. The minimum Gasteiger partial charge on any atom is -0.462 e. The highest BCUT2D eigenvalue weighted by molar-refractivity contribution is 7.47. The highest BCUT2D eigenvalue weighted by Gasteiger charge is 2.27. The van der Waals surface area contributed by atoms with Crippen molar-refractivity contribution in [2.45, 2.75) is 264 Å². The Morgan fingerprint density at radius 3 is 1.06 bits per heavy atom. The van der Waals surface area contributed by atoms with Crippen LogP contribution in [0.2, 0.25) is 0 Å². The lowest BCUT2D eigenvalue weighted by Gasteiger charge is -2.24. The number of hydrogen-bond donors (Lipinski definition) is 1. The molecule has 0 saturated heterocycles. The second-order valence-corrected chi connectivity index (χ2v) is 23.9. The molecule has 0 aliphatic carbocycles. The van der Waals surface area contributed by atoms with Crippen LogP contribution in [0.25, 0.3) is 0 Å². The number of esters is 2. The smallest absolute Gasteiger partial charge is 0.462 e. The first kappa shape index (κ1) is 76.4. The summed E-state index contributed by atoms with van der Waals surface area (Å²) in [5.41, 5.74) is 0. The summed E-state index contributed by atoms with van der Waals surface area (Å²) in [5, 5.41) is 0. The maximum atomic E-state index is 12.8. The van der Waals surface area contributed by atoms with E-state index < -0.39 is 26.5 Å². The summed E-state index contributed by atoms with van der Waals surface area (Å²) in [5.74, 6) is -0.848. The van der Waals surface area contributed by atoms with E-state index in [1.54, 1.807) is 0 Å². The van der Waals surface area contributed by atoms with E-state index in [0.29, 0.717) is 17.4 Å². The van der Waals surface area contributed by atoms with Crippen molar-refractivity contribution in [2.75, 3.05) is 47.5 Å². The summed E-state index contributed by atoms with van der Waals surface area (Å²) in [6, 6.07) is 0. The summed E-state index contributed by atoms with van der Waals surface area (Å²) >= 11 is 0. The molecule has 10 heteroatoms. The fourth-order valence-corrected chi connectivity index (χ4v) is 9.32. The zero-order valence-corrected chi connectivity index (χ0v) is 52.9. The number of carbonyl (C=O) groups is 2. The van der Waals surface area contributed by atoms with Gasteiger partial charge in [-0.1, -0.05) is 277 Å². The van der Waals surface area contributed by atoms with Gasteiger partial charge in [-0.25, -0.2) is 4.57 Å². The Bertz CT molecular complexity index is 1760. The van der Waals surface area contributed by atoms with Crippen LogP contribution in [0, 0.1) is 0 Å². The van der Waals surface area contributed by atoms with Crippen molar-refractivity contribution in [1.82, 2.24) is 0 Å². The topological polar surface area (TPSA) is 108 Å². The number of phosphoric ester groups is 1. The molecule has 0 fully saturated rings. The molecule has 0 heterocycles. The lowest BCUT2D eigenvalue weighted by atomic mass is 10.0. The highest BCUT2D eigenvalue weighted by atomic mass is 31.2. The largest absolute Gasteiger partial charge is 0.472 e. The number of phosphoric acid groups is 1. The van der Waals surface area contributed by atoms with E-state index >= 15 is 0 Å². The number of likely N-dealkylation sites (N-methyl/N-ethyl adjacent to an activating group) is 1. The van der Waals surface area contributed by atoms with Crippen molar-refractivity contribution in [1.29, 1.82) is 0 Å². The van der Waals surface area contributed by atoms with E-state index in [1.165, 1.54) is 128 Å². The van der Waals surface area contributed by atoms with Gasteiger partial charge in [0.1, 0.15) is 19.8 Å². The molecule has 0 aromatic carbocycles. The van der Waals surface area contributed by atoms with Crippen LogP contribution in [0.1, 0.15) is 258 Å². The normalized spacial score (nSPS) is 14.0. The number of allylic oxidation sites excluding steroid dienone is 20. The van der Waals surface area contributed by atoms with Gasteiger partial charge in [-0.05, 0) is 89.9 Å². The molecule has 1 N–H and O–H groups in total. The third kappa shape index (κ3) is 63.6. The Balaban J connectivity index is 4.24. The van der Waals surface area contributed by atoms with Gasteiger partial charge in [0.2, 0.25) is 0 Å². The van der Waals surface area contributed by atoms with E-state index in [-0.39, 0.29) is 32.0 Å². The molecule has 0 aliphatic rings. The maximum Gasteiger partial charge on any atom is 0.472 e. The minimum absolute atomic E-state index is 0.0180. The van der Waals surface area contributed by atoms with Crippen LogP contribution in [0.3, 0.4) is 0 Å². The number of ether oxygens (including phenoxy) is 2. The molecule has 2 atom stereocenters. The van der Waals surface area contributed by atoms with Crippen molar-refractivity contribution < 1.29 is 42.1 Å². The summed E-state index contributed by atoms with van der Waals surface area (Å²) in [6.07, 6.45) is 85.7. The predicted octanol–water partition coefficient (Wildman–Crippen LogP) is 20.7. The second kappa shape index (κ2) is 60.0. The molecule has 0 rings (SSSR count). The van der Waals surface area contributed by atoms with E-state index in [1.807, 2.05) is 21.1 Å². The van der Waals surface area contributed by atoms with Crippen LogP contribution in [-0.4, -0.2) is 74.9 Å². The van der Waals surface area contributed by atoms with Crippen molar-refractivity contribution in [3.8, 4) is 0 Å².